The highest BCUT2D eigenvalue weighted by Crippen LogP contribution is 2.41. The van der Waals surface area contributed by atoms with Gasteiger partial charge in [-0.15, -0.1) is 0 Å². The molecule has 1 aliphatic rings. The third-order valence-electron chi connectivity index (χ3n) is 5.17. The fourth-order valence-electron chi connectivity index (χ4n) is 3.81. The van der Waals surface area contributed by atoms with Gasteiger partial charge < -0.3 is 24.5 Å². The Morgan fingerprint density at radius 3 is 2.58 bits per heavy atom. The van der Waals surface area contributed by atoms with Gasteiger partial charge in [0.1, 0.15) is 11.3 Å². The quantitative estimate of drug-likeness (QED) is 0.625. The van der Waals surface area contributed by atoms with Crippen molar-refractivity contribution in [2.24, 2.45) is 5.73 Å². The summed E-state index contributed by atoms with van der Waals surface area (Å²) in [5.74, 6) is -1.07. The second-order valence-corrected chi connectivity index (χ2v) is 7.63. The van der Waals surface area contributed by atoms with Gasteiger partial charge >= 0.3 is 5.97 Å². The number of esters is 1. The summed E-state index contributed by atoms with van der Waals surface area (Å²) >= 11 is 6.06. The van der Waals surface area contributed by atoms with Gasteiger partial charge in [0.2, 0.25) is 5.88 Å². The number of halogens is 1. The topological polar surface area (TPSA) is 92.8 Å². The first-order chi connectivity index (χ1) is 14.9. The van der Waals surface area contributed by atoms with Gasteiger partial charge in [0.15, 0.2) is 0 Å². The first-order valence-electron chi connectivity index (χ1n) is 10.3. The van der Waals surface area contributed by atoms with E-state index in [4.69, 9.17) is 31.5 Å². The van der Waals surface area contributed by atoms with E-state index in [0.717, 1.165) is 12.1 Å². The van der Waals surface area contributed by atoms with Crippen LogP contribution in [0.3, 0.4) is 0 Å². The average Bonchev–Trinajstić information content (AvgIpc) is 2.73. The number of carbonyl (C=O) groups excluding carboxylic acids is 1. The van der Waals surface area contributed by atoms with Gasteiger partial charge in [-0.05, 0) is 31.0 Å². The van der Waals surface area contributed by atoms with E-state index in [2.05, 4.69) is 0 Å². The van der Waals surface area contributed by atoms with Crippen LogP contribution in [0.2, 0.25) is 5.02 Å². The van der Waals surface area contributed by atoms with E-state index < -0.39 is 11.9 Å². The largest absolute Gasteiger partial charge is 0.462 e. The summed E-state index contributed by atoms with van der Waals surface area (Å²) in [6.07, 6.45) is 1.54. The molecular weight excluding hydrogens is 420 g/mol. The van der Waals surface area contributed by atoms with E-state index in [-0.39, 0.29) is 23.6 Å². The second kappa shape index (κ2) is 10.0. The van der Waals surface area contributed by atoms with E-state index in [0.29, 0.717) is 41.5 Å². The second-order valence-electron chi connectivity index (χ2n) is 7.20. The Morgan fingerprint density at radius 2 is 1.97 bits per heavy atom. The van der Waals surface area contributed by atoms with Crippen LogP contribution in [-0.2, 0) is 27.2 Å². The number of pyridine rings is 1. The number of nitrogens with two attached hydrogens (primary N) is 1. The Labute approximate surface area is 186 Å². The molecule has 2 heterocycles. The molecule has 0 saturated carbocycles. The molecule has 1 unspecified atom stereocenters. The molecule has 0 fully saturated rings. The molecule has 0 spiro atoms. The first kappa shape index (κ1) is 22.9. The predicted octanol–water partition coefficient (Wildman–Crippen LogP) is 3.36. The maximum atomic E-state index is 13.7. The minimum Gasteiger partial charge on any atom is -0.462 e. The third-order valence-corrected chi connectivity index (χ3v) is 5.42. The normalized spacial score (nSPS) is 15.4. The van der Waals surface area contributed by atoms with Crippen LogP contribution in [0.25, 0.3) is 0 Å². The lowest BCUT2D eigenvalue weighted by molar-refractivity contribution is -0.139. The zero-order chi connectivity index (χ0) is 22.5. The van der Waals surface area contributed by atoms with Gasteiger partial charge in [0.05, 0.1) is 24.7 Å². The zero-order valence-corrected chi connectivity index (χ0v) is 18.7. The van der Waals surface area contributed by atoms with Crippen molar-refractivity contribution < 1.29 is 19.0 Å². The summed E-state index contributed by atoms with van der Waals surface area (Å²) in [7, 11) is 1.59. The van der Waals surface area contributed by atoms with Crippen LogP contribution < -0.4 is 16.0 Å². The summed E-state index contributed by atoms with van der Waals surface area (Å²) in [5, 5.41) is 0.543. The molecule has 3 rings (SSSR count). The van der Waals surface area contributed by atoms with Crippen molar-refractivity contribution in [3.8, 4) is 5.75 Å². The lowest BCUT2D eigenvalue weighted by Crippen LogP contribution is -2.36. The molecule has 7 nitrogen and oxygen atoms in total. The number of hydrogen-bond donors (Lipinski definition) is 1. The van der Waals surface area contributed by atoms with Gasteiger partial charge in [-0.3, -0.25) is 4.79 Å². The lowest BCUT2D eigenvalue weighted by Gasteiger charge is -2.29. The van der Waals surface area contributed by atoms with Gasteiger partial charge in [0, 0.05) is 30.4 Å². The molecule has 1 aromatic heterocycles. The molecule has 166 valence electrons. The number of aryl methyl sites for hydroxylation is 1. The maximum absolute atomic E-state index is 13.7. The van der Waals surface area contributed by atoms with Crippen LogP contribution in [0.1, 0.15) is 43.0 Å². The van der Waals surface area contributed by atoms with E-state index in [1.54, 1.807) is 42.9 Å². The number of methoxy groups -OCH3 is 1. The Hall–Kier alpha value is -2.77. The molecule has 2 N–H and O–H groups in total. The van der Waals surface area contributed by atoms with Gasteiger partial charge in [-0.2, -0.15) is 0 Å². The Bertz CT molecular complexity index is 1040. The number of aromatic nitrogens is 1. The van der Waals surface area contributed by atoms with E-state index in [9.17, 15) is 9.59 Å². The van der Waals surface area contributed by atoms with E-state index in [1.165, 1.54) is 0 Å². The Kier molecular flexibility index (Phi) is 7.41. The SMILES string of the molecule is CCCc1cc2c(c(=O)n1CCOC)C(c1ccc(Cl)cc1)C(C(=O)OCC)=C(N)O2. The Morgan fingerprint density at radius 1 is 1.26 bits per heavy atom. The van der Waals surface area contributed by atoms with E-state index in [1.807, 2.05) is 13.0 Å². The van der Waals surface area contributed by atoms with Crippen molar-refractivity contribution in [1.29, 1.82) is 0 Å². The van der Waals surface area contributed by atoms with Gasteiger partial charge in [0.25, 0.3) is 5.56 Å². The monoisotopic (exact) mass is 446 g/mol. The minimum absolute atomic E-state index is 0.0672. The summed E-state index contributed by atoms with van der Waals surface area (Å²) < 4.78 is 17.9. The number of rotatable bonds is 8. The van der Waals surface area contributed by atoms with Crippen LogP contribution in [0, 0.1) is 0 Å². The van der Waals surface area contributed by atoms with Gasteiger partial charge in [-0.25, -0.2) is 4.79 Å². The maximum Gasteiger partial charge on any atom is 0.340 e. The van der Waals surface area contributed by atoms with Crippen LogP contribution in [0.15, 0.2) is 46.6 Å². The van der Waals surface area contributed by atoms with Crippen molar-refractivity contribution in [3.05, 3.63) is 74.0 Å². The molecule has 31 heavy (non-hydrogen) atoms. The molecule has 0 radical (unpaired) electrons. The molecule has 0 saturated heterocycles. The van der Waals surface area contributed by atoms with Crippen molar-refractivity contribution in [3.63, 3.8) is 0 Å². The third kappa shape index (κ3) is 4.62. The van der Waals surface area contributed by atoms with Crippen molar-refractivity contribution in [2.75, 3.05) is 20.3 Å². The molecule has 1 aliphatic heterocycles. The fourth-order valence-corrected chi connectivity index (χ4v) is 3.93. The van der Waals surface area contributed by atoms with Crippen molar-refractivity contribution in [2.45, 2.75) is 39.2 Å². The summed E-state index contributed by atoms with van der Waals surface area (Å²) in [4.78, 5) is 26.5. The Balaban J connectivity index is 2.28. The van der Waals surface area contributed by atoms with Crippen molar-refractivity contribution >= 4 is 17.6 Å². The number of fused-ring (bicyclic) bond motifs is 1. The molecule has 1 atom stereocenters. The number of ether oxygens (including phenoxy) is 3. The molecule has 1 aromatic carbocycles. The highest BCUT2D eigenvalue weighted by molar-refractivity contribution is 6.30. The smallest absolute Gasteiger partial charge is 0.340 e. The van der Waals surface area contributed by atoms with Crippen LogP contribution in [0.5, 0.6) is 5.75 Å². The molecule has 0 aliphatic carbocycles. The van der Waals surface area contributed by atoms with Gasteiger partial charge in [-0.1, -0.05) is 37.1 Å². The molecule has 2 aromatic rings. The summed E-state index contributed by atoms with van der Waals surface area (Å²) in [6.45, 7) is 4.68. The van der Waals surface area contributed by atoms with E-state index >= 15 is 0 Å². The van der Waals surface area contributed by atoms with Crippen LogP contribution in [0.4, 0.5) is 0 Å². The first-order valence-corrected chi connectivity index (χ1v) is 10.7. The number of nitrogens with zero attached hydrogens (tertiary/aromatic N) is 1. The summed E-state index contributed by atoms with van der Waals surface area (Å²) in [5.41, 5.74) is 7.90. The molecule has 0 bridgehead atoms. The predicted molar refractivity (Wildman–Crippen MR) is 118 cm³/mol. The fraction of sp³-hybridized carbons (Fsp3) is 0.391. The number of benzene rings is 1. The van der Waals surface area contributed by atoms with Crippen LogP contribution >= 0.6 is 11.6 Å². The zero-order valence-electron chi connectivity index (χ0n) is 17.9. The number of carbonyl (C=O) groups is 1. The molecule has 0 amide bonds. The minimum atomic E-state index is -0.739. The average molecular weight is 447 g/mol. The van der Waals surface area contributed by atoms with Crippen molar-refractivity contribution in [1.82, 2.24) is 4.57 Å². The lowest BCUT2D eigenvalue weighted by atomic mass is 9.83. The number of hydrogen-bond acceptors (Lipinski definition) is 6. The summed E-state index contributed by atoms with van der Waals surface area (Å²) in [6, 6.07) is 8.79. The molecular formula is C23H27ClN2O5. The standard InChI is InChI=1S/C23H27ClN2O5/c1-4-6-16-13-17-19(22(27)26(16)11-12-29-3)18(14-7-9-15(24)10-8-14)20(21(25)31-17)23(28)30-5-2/h7-10,13,18H,4-6,11-12,25H2,1-3H3. The molecule has 8 heteroatoms. The highest BCUT2D eigenvalue weighted by atomic mass is 35.5. The highest BCUT2D eigenvalue weighted by Gasteiger charge is 2.38. The van der Waals surface area contributed by atoms with Crippen LogP contribution in [-0.4, -0.2) is 30.9 Å².